The first-order valence-corrected chi connectivity index (χ1v) is 8.04. The molecule has 0 aliphatic heterocycles. The van der Waals surface area contributed by atoms with E-state index in [0.717, 1.165) is 10.8 Å². The average Bonchev–Trinajstić information content (AvgIpc) is 3.10. The van der Waals surface area contributed by atoms with E-state index in [0.29, 0.717) is 22.0 Å². The van der Waals surface area contributed by atoms with Crippen LogP contribution < -0.4 is 0 Å². The van der Waals surface area contributed by atoms with Crippen LogP contribution >= 0.6 is 0 Å². The molecule has 0 atom stereocenters. The molecular weight excluding hydrogens is 306 g/mol. The standard InChI is InChI=1S/C23H21NO/c1-2-3-15-24-16-21(19-12-6-7-14-22(19)24)23(25)20-13-8-10-17-9-4-5-11-18(17)20/h4-14,16H,2-3,15H2,1H3/i1D3,2D2,3D2. The van der Waals surface area contributed by atoms with Crippen molar-refractivity contribution in [2.45, 2.75) is 26.1 Å². The van der Waals surface area contributed by atoms with Crippen molar-refractivity contribution in [3.63, 3.8) is 0 Å². The first-order valence-electron chi connectivity index (χ1n) is 11.5. The first-order chi connectivity index (χ1) is 14.9. The Labute approximate surface area is 157 Å². The van der Waals surface area contributed by atoms with Gasteiger partial charge in [-0.05, 0) is 23.2 Å². The molecule has 0 radical (unpaired) electrons. The van der Waals surface area contributed by atoms with Gasteiger partial charge in [0, 0.05) is 44.4 Å². The van der Waals surface area contributed by atoms with Crippen molar-refractivity contribution in [2.24, 2.45) is 0 Å². The molecule has 0 fully saturated rings. The lowest BCUT2D eigenvalue weighted by Crippen LogP contribution is -2.02. The van der Waals surface area contributed by atoms with Crippen LogP contribution in [0.3, 0.4) is 0 Å². The van der Waals surface area contributed by atoms with Crippen LogP contribution in [0.5, 0.6) is 0 Å². The van der Waals surface area contributed by atoms with E-state index < -0.39 is 26.1 Å². The Morgan fingerprint density at radius 3 is 2.60 bits per heavy atom. The maximum atomic E-state index is 13.5. The van der Waals surface area contributed by atoms with Gasteiger partial charge in [-0.2, -0.15) is 0 Å². The molecule has 4 rings (SSSR count). The van der Waals surface area contributed by atoms with Crippen molar-refractivity contribution >= 4 is 27.5 Å². The SMILES string of the molecule is [2H]C([2H])([2H])C([2H])([2H])C([2H])([2H])Cn1cc(C(=O)c2cccc3ccccc23)c2ccccc21. The zero-order valence-electron chi connectivity index (χ0n) is 20.5. The molecule has 0 bridgehead atoms. The Bertz CT molecular complexity index is 1320. The number of para-hydroxylation sites is 1. The predicted octanol–water partition coefficient (Wildman–Crippen LogP) is 5.83. The largest absolute Gasteiger partial charge is 0.347 e. The van der Waals surface area contributed by atoms with Gasteiger partial charge in [0.15, 0.2) is 5.78 Å². The number of hydrogen-bond acceptors (Lipinski definition) is 1. The number of hydrogen-bond donors (Lipinski definition) is 0. The highest BCUT2D eigenvalue weighted by Crippen LogP contribution is 2.27. The van der Waals surface area contributed by atoms with E-state index in [-0.39, 0.29) is 5.78 Å². The van der Waals surface area contributed by atoms with E-state index in [1.54, 1.807) is 36.4 Å². The summed E-state index contributed by atoms with van der Waals surface area (Å²) < 4.78 is 56.0. The lowest BCUT2D eigenvalue weighted by molar-refractivity contribution is 0.104. The van der Waals surface area contributed by atoms with Gasteiger partial charge in [-0.3, -0.25) is 4.79 Å². The predicted molar refractivity (Wildman–Crippen MR) is 104 cm³/mol. The summed E-state index contributed by atoms with van der Waals surface area (Å²) in [6, 6.07) is 19.9. The molecule has 1 aromatic heterocycles. The normalized spacial score (nSPS) is 17.0. The number of fused-ring (bicyclic) bond motifs is 2. The second-order valence-corrected chi connectivity index (χ2v) is 5.85. The Morgan fingerprint density at radius 2 is 1.72 bits per heavy atom. The molecule has 0 saturated carbocycles. The molecule has 0 spiro atoms. The molecule has 0 unspecified atom stereocenters. The average molecular weight is 334 g/mol. The van der Waals surface area contributed by atoms with E-state index in [9.17, 15) is 4.79 Å². The van der Waals surface area contributed by atoms with Gasteiger partial charge in [0.1, 0.15) is 0 Å². The van der Waals surface area contributed by atoms with E-state index in [4.69, 9.17) is 9.60 Å². The number of benzene rings is 3. The summed E-state index contributed by atoms with van der Waals surface area (Å²) in [5, 5.41) is 2.31. The number of ketones is 1. The van der Waals surface area contributed by atoms with Crippen LogP contribution in [0.2, 0.25) is 0 Å². The van der Waals surface area contributed by atoms with Crippen LogP contribution in [0.4, 0.5) is 0 Å². The molecule has 0 N–H and O–H groups in total. The number of rotatable bonds is 5. The van der Waals surface area contributed by atoms with Gasteiger partial charge in [0.25, 0.3) is 0 Å². The summed E-state index contributed by atoms with van der Waals surface area (Å²) in [5.41, 5.74) is 1.38. The molecule has 2 heteroatoms. The minimum atomic E-state index is -3.14. The van der Waals surface area contributed by atoms with E-state index in [2.05, 4.69) is 0 Å². The van der Waals surface area contributed by atoms with E-state index in [1.165, 1.54) is 10.8 Å². The van der Waals surface area contributed by atoms with Crippen LogP contribution in [-0.2, 0) is 6.54 Å². The summed E-state index contributed by atoms with van der Waals surface area (Å²) in [7, 11) is 0. The number of aryl methyl sites for hydroxylation is 1. The Morgan fingerprint density at radius 1 is 0.960 bits per heavy atom. The number of aromatic nitrogens is 1. The fraction of sp³-hybridized carbons (Fsp3) is 0.174. The summed E-state index contributed by atoms with van der Waals surface area (Å²) in [6.45, 7) is -3.69. The quantitative estimate of drug-likeness (QED) is 0.421. The second-order valence-electron chi connectivity index (χ2n) is 5.85. The molecule has 0 aliphatic carbocycles. The third kappa shape index (κ3) is 2.74. The van der Waals surface area contributed by atoms with Crippen molar-refractivity contribution in [3.05, 3.63) is 84.1 Å². The van der Waals surface area contributed by atoms with Crippen LogP contribution in [0.1, 0.15) is 45.1 Å². The highest BCUT2D eigenvalue weighted by Gasteiger charge is 2.18. The molecule has 25 heavy (non-hydrogen) atoms. The maximum absolute atomic E-state index is 13.5. The molecule has 0 saturated heterocycles. The van der Waals surface area contributed by atoms with Gasteiger partial charge in [-0.15, -0.1) is 0 Å². The smallest absolute Gasteiger partial charge is 0.195 e. The summed E-state index contributed by atoms with van der Waals surface area (Å²) in [5.74, 6) is -0.240. The van der Waals surface area contributed by atoms with Gasteiger partial charge in [-0.1, -0.05) is 73.9 Å². The van der Waals surface area contributed by atoms with Gasteiger partial charge < -0.3 is 4.57 Å². The third-order valence-corrected chi connectivity index (χ3v) is 4.41. The topological polar surface area (TPSA) is 22.0 Å². The highest BCUT2D eigenvalue weighted by molar-refractivity contribution is 6.21. The fourth-order valence-electron chi connectivity index (χ4n) is 3.25. The van der Waals surface area contributed by atoms with Crippen LogP contribution in [0.15, 0.2) is 72.9 Å². The molecule has 3 aromatic carbocycles. The number of nitrogens with zero attached hydrogens (tertiary/aromatic N) is 1. The minimum Gasteiger partial charge on any atom is -0.347 e. The van der Waals surface area contributed by atoms with Crippen LogP contribution in [-0.4, -0.2) is 10.4 Å². The minimum absolute atomic E-state index is 0.240. The van der Waals surface area contributed by atoms with E-state index in [1.807, 2.05) is 30.3 Å². The van der Waals surface area contributed by atoms with Gasteiger partial charge in [0.05, 0.1) is 0 Å². The van der Waals surface area contributed by atoms with Crippen molar-refractivity contribution in [1.82, 2.24) is 4.57 Å². The highest BCUT2D eigenvalue weighted by atomic mass is 16.1. The Balaban J connectivity index is 1.83. The summed E-state index contributed by atoms with van der Waals surface area (Å²) in [4.78, 5) is 13.5. The van der Waals surface area contributed by atoms with Crippen LogP contribution in [0, 0.1) is 0 Å². The Hall–Kier alpha value is -2.87. The lowest BCUT2D eigenvalue weighted by Gasteiger charge is -2.05. The number of carbonyl (C=O) groups is 1. The number of carbonyl (C=O) groups excluding carboxylic acids is 1. The van der Waals surface area contributed by atoms with Crippen molar-refractivity contribution in [1.29, 1.82) is 0 Å². The molecular formula is C23H21NO. The van der Waals surface area contributed by atoms with Crippen molar-refractivity contribution < 1.29 is 14.4 Å². The fourth-order valence-corrected chi connectivity index (χ4v) is 3.25. The maximum Gasteiger partial charge on any atom is 0.195 e. The zero-order valence-corrected chi connectivity index (χ0v) is 13.5. The summed E-state index contributed by atoms with van der Waals surface area (Å²) >= 11 is 0. The lowest BCUT2D eigenvalue weighted by atomic mass is 9.97. The van der Waals surface area contributed by atoms with Gasteiger partial charge in [-0.25, -0.2) is 0 Å². The monoisotopic (exact) mass is 334 g/mol. The molecule has 2 nitrogen and oxygen atoms in total. The molecule has 124 valence electrons. The Kier molecular flexibility index (Phi) is 2.51. The first kappa shape index (κ1) is 9.57. The van der Waals surface area contributed by atoms with Crippen molar-refractivity contribution in [2.75, 3.05) is 0 Å². The molecule has 1 heterocycles. The van der Waals surface area contributed by atoms with E-state index >= 15 is 0 Å². The van der Waals surface area contributed by atoms with Crippen LogP contribution in [0.25, 0.3) is 21.7 Å². The third-order valence-electron chi connectivity index (χ3n) is 4.41. The van der Waals surface area contributed by atoms with Gasteiger partial charge in [0.2, 0.25) is 0 Å². The molecule has 0 amide bonds. The van der Waals surface area contributed by atoms with Gasteiger partial charge >= 0.3 is 0 Å². The summed E-state index contributed by atoms with van der Waals surface area (Å²) in [6.07, 6.45) is -4.30. The molecule has 4 aromatic rings. The molecule has 0 aliphatic rings. The second kappa shape index (κ2) is 6.56. The zero-order chi connectivity index (χ0) is 23.3. The van der Waals surface area contributed by atoms with Crippen molar-refractivity contribution in [3.8, 4) is 0 Å².